The van der Waals surface area contributed by atoms with Crippen molar-refractivity contribution < 1.29 is 19.8 Å². The van der Waals surface area contributed by atoms with E-state index in [1.165, 1.54) is 28.4 Å². The van der Waals surface area contributed by atoms with E-state index in [1.807, 2.05) is 52.0 Å². The highest BCUT2D eigenvalue weighted by atomic mass is 32.1. The first-order chi connectivity index (χ1) is 16.7. The number of benzene rings is 3. The molecule has 1 aliphatic heterocycles. The van der Waals surface area contributed by atoms with Crippen molar-refractivity contribution >= 4 is 44.1 Å². The first-order valence-electron chi connectivity index (χ1n) is 11.2. The van der Waals surface area contributed by atoms with E-state index in [0.29, 0.717) is 16.3 Å². The lowest BCUT2D eigenvalue weighted by Crippen LogP contribution is -2.29. The van der Waals surface area contributed by atoms with Crippen molar-refractivity contribution in [2.75, 3.05) is 4.90 Å². The summed E-state index contributed by atoms with van der Waals surface area (Å²) >= 11 is 1.33. The molecule has 176 valence electrons. The van der Waals surface area contributed by atoms with Crippen LogP contribution in [0.25, 0.3) is 16.0 Å². The Hall–Kier alpha value is -3.97. The summed E-state index contributed by atoms with van der Waals surface area (Å²) < 4.78 is 0.915. The molecule has 2 N–H and O–H groups in total. The molecule has 35 heavy (non-hydrogen) atoms. The zero-order valence-electron chi connectivity index (χ0n) is 19.8. The minimum absolute atomic E-state index is 0.00143. The first kappa shape index (κ1) is 22.8. The molecule has 5 rings (SSSR count). The second kappa shape index (κ2) is 8.36. The van der Waals surface area contributed by atoms with Crippen LogP contribution in [0.1, 0.15) is 39.4 Å². The van der Waals surface area contributed by atoms with Crippen LogP contribution in [0.5, 0.6) is 5.75 Å². The number of fused-ring (bicyclic) bond motifs is 1. The summed E-state index contributed by atoms with van der Waals surface area (Å²) in [5, 5.41) is 21.6. The van der Waals surface area contributed by atoms with Crippen molar-refractivity contribution in [3.05, 3.63) is 93.6 Å². The largest absolute Gasteiger partial charge is 0.508 e. The van der Waals surface area contributed by atoms with Gasteiger partial charge in [0.25, 0.3) is 5.78 Å². The van der Waals surface area contributed by atoms with Crippen molar-refractivity contribution in [2.24, 2.45) is 0 Å². The summed E-state index contributed by atoms with van der Waals surface area (Å²) in [6, 6.07) is 15.0. The number of phenols is 1. The summed E-state index contributed by atoms with van der Waals surface area (Å²) in [5.74, 6) is -1.68. The van der Waals surface area contributed by atoms with Gasteiger partial charge in [-0.25, -0.2) is 4.98 Å². The SMILES string of the molecule is Cc1ccc(C)c(C(O)=C2C(=O)C(=O)N(c3nc4c(C)cc(C)cc4s3)C2c2ccc(O)cc2)c1. The van der Waals surface area contributed by atoms with Gasteiger partial charge >= 0.3 is 5.91 Å². The van der Waals surface area contributed by atoms with E-state index >= 15 is 0 Å². The van der Waals surface area contributed by atoms with Crippen LogP contribution in [0.4, 0.5) is 5.13 Å². The third-order valence-corrected chi connectivity index (χ3v) is 7.33. The van der Waals surface area contributed by atoms with Gasteiger partial charge in [-0.3, -0.25) is 14.5 Å². The summed E-state index contributed by atoms with van der Waals surface area (Å²) in [7, 11) is 0. The number of Topliss-reactive ketones (excluding diaryl/α,β-unsaturated/α-hetero) is 1. The molecule has 0 spiro atoms. The van der Waals surface area contributed by atoms with Crippen molar-refractivity contribution in [2.45, 2.75) is 33.7 Å². The number of ketones is 1. The van der Waals surface area contributed by atoms with Gasteiger partial charge in [-0.05, 0) is 74.2 Å². The number of amides is 1. The summed E-state index contributed by atoms with van der Waals surface area (Å²) in [6.07, 6.45) is 0. The first-order valence-corrected chi connectivity index (χ1v) is 12.0. The number of aromatic nitrogens is 1. The van der Waals surface area contributed by atoms with E-state index in [-0.39, 0.29) is 17.1 Å². The number of aromatic hydroxyl groups is 1. The van der Waals surface area contributed by atoms with Gasteiger partial charge in [0.05, 0.1) is 21.8 Å². The summed E-state index contributed by atoms with van der Waals surface area (Å²) in [6.45, 7) is 7.71. The number of rotatable bonds is 3. The Kier molecular flexibility index (Phi) is 5.44. The third-order valence-electron chi connectivity index (χ3n) is 6.33. The quantitative estimate of drug-likeness (QED) is 0.216. The smallest absolute Gasteiger partial charge is 0.301 e. The lowest BCUT2D eigenvalue weighted by molar-refractivity contribution is -0.132. The van der Waals surface area contributed by atoms with E-state index in [9.17, 15) is 19.8 Å². The number of aliphatic hydroxyl groups is 1. The van der Waals surface area contributed by atoms with Crippen LogP contribution >= 0.6 is 11.3 Å². The Bertz CT molecular complexity index is 1550. The van der Waals surface area contributed by atoms with Gasteiger partial charge in [0.15, 0.2) is 5.13 Å². The Morgan fingerprint density at radius 2 is 1.63 bits per heavy atom. The highest BCUT2D eigenvalue weighted by molar-refractivity contribution is 7.22. The molecule has 0 bridgehead atoms. The average Bonchev–Trinajstić information content (AvgIpc) is 3.34. The monoisotopic (exact) mass is 484 g/mol. The van der Waals surface area contributed by atoms with E-state index in [4.69, 9.17) is 4.98 Å². The molecule has 6 nitrogen and oxygen atoms in total. The fourth-order valence-corrected chi connectivity index (χ4v) is 5.77. The number of aryl methyl sites for hydroxylation is 4. The minimum Gasteiger partial charge on any atom is -0.508 e. The van der Waals surface area contributed by atoms with Gasteiger partial charge in [0, 0.05) is 5.56 Å². The molecule has 1 fully saturated rings. The normalized spacial score (nSPS) is 17.5. The molecule has 4 aromatic rings. The number of aliphatic hydroxyl groups excluding tert-OH is 1. The van der Waals surface area contributed by atoms with E-state index in [0.717, 1.165) is 32.5 Å². The summed E-state index contributed by atoms with van der Waals surface area (Å²) in [4.78, 5) is 32.9. The number of thiazole rings is 1. The predicted octanol–water partition coefficient (Wildman–Crippen LogP) is 5.86. The van der Waals surface area contributed by atoms with Gasteiger partial charge in [-0.15, -0.1) is 0 Å². The van der Waals surface area contributed by atoms with Crippen molar-refractivity contribution in [1.82, 2.24) is 4.98 Å². The zero-order valence-corrected chi connectivity index (χ0v) is 20.6. The molecule has 1 aliphatic rings. The van der Waals surface area contributed by atoms with Crippen LogP contribution < -0.4 is 4.90 Å². The lowest BCUT2D eigenvalue weighted by Gasteiger charge is -2.23. The number of hydrogen-bond donors (Lipinski definition) is 2. The molecule has 3 aromatic carbocycles. The molecule has 1 atom stereocenters. The van der Waals surface area contributed by atoms with Gasteiger partial charge in [0.2, 0.25) is 0 Å². The Labute approximate surface area is 206 Å². The van der Waals surface area contributed by atoms with Gasteiger partial charge < -0.3 is 10.2 Å². The van der Waals surface area contributed by atoms with Crippen molar-refractivity contribution in [1.29, 1.82) is 0 Å². The van der Waals surface area contributed by atoms with Gasteiger partial charge in [-0.2, -0.15) is 0 Å². The van der Waals surface area contributed by atoms with Crippen LogP contribution in [0.2, 0.25) is 0 Å². The molecule has 1 aromatic heterocycles. The van der Waals surface area contributed by atoms with Gasteiger partial charge in [-0.1, -0.05) is 47.2 Å². The van der Waals surface area contributed by atoms with E-state index in [1.54, 1.807) is 18.2 Å². The second-order valence-corrected chi connectivity index (χ2v) is 10.0. The van der Waals surface area contributed by atoms with Crippen LogP contribution in [-0.2, 0) is 9.59 Å². The molecule has 0 radical (unpaired) electrons. The maximum absolute atomic E-state index is 13.4. The maximum atomic E-state index is 13.4. The number of nitrogens with zero attached hydrogens (tertiary/aromatic N) is 2. The fraction of sp³-hybridized carbons (Fsp3) is 0.179. The highest BCUT2D eigenvalue weighted by Gasteiger charge is 2.48. The molecular formula is C28H24N2O4S. The highest BCUT2D eigenvalue weighted by Crippen LogP contribution is 2.45. The molecule has 1 saturated heterocycles. The Balaban J connectivity index is 1.77. The average molecular weight is 485 g/mol. The van der Waals surface area contributed by atoms with E-state index in [2.05, 4.69) is 0 Å². The van der Waals surface area contributed by atoms with Crippen molar-refractivity contribution in [3.63, 3.8) is 0 Å². The van der Waals surface area contributed by atoms with Crippen LogP contribution in [0.15, 0.2) is 60.2 Å². The Morgan fingerprint density at radius 1 is 0.914 bits per heavy atom. The number of carbonyl (C=O) groups excluding carboxylic acids is 2. The van der Waals surface area contributed by atoms with Gasteiger partial charge in [0.1, 0.15) is 11.5 Å². The Morgan fingerprint density at radius 3 is 2.34 bits per heavy atom. The number of hydrogen-bond acceptors (Lipinski definition) is 6. The lowest BCUT2D eigenvalue weighted by atomic mass is 9.93. The van der Waals surface area contributed by atoms with Crippen LogP contribution in [-0.4, -0.2) is 26.9 Å². The molecule has 2 heterocycles. The predicted molar refractivity (Wildman–Crippen MR) is 138 cm³/mol. The number of anilines is 1. The maximum Gasteiger partial charge on any atom is 0.301 e. The van der Waals surface area contributed by atoms with Crippen LogP contribution in [0, 0.1) is 27.7 Å². The zero-order chi connectivity index (χ0) is 25.0. The molecule has 7 heteroatoms. The molecule has 1 unspecified atom stereocenters. The molecule has 0 saturated carbocycles. The summed E-state index contributed by atoms with van der Waals surface area (Å²) in [5.41, 5.74) is 5.63. The molecular weight excluding hydrogens is 460 g/mol. The standard InChI is InChI=1S/C28H24N2O4S/c1-14-5-6-16(3)20(12-14)25(32)22-24(18-7-9-19(31)10-8-18)30(27(34)26(22)33)28-29-23-17(4)11-15(2)13-21(23)35-28/h5-13,24,31-32H,1-4H3. The number of phenolic OH excluding ortho intramolecular Hbond substituents is 1. The van der Waals surface area contributed by atoms with E-state index < -0.39 is 17.7 Å². The molecule has 1 amide bonds. The molecule has 0 aliphatic carbocycles. The van der Waals surface area contributed by atoms with Crippen LogP contribution in [0.3, 0.4) is 0 Å². The fourth-order valence-electron chi connectivity index (χ4n) is 4.60. The number of carbonyl (C=O) groups is 2. The third kappa shape index (κ3) is 3.78. The topological polar surface area (TPSA) is 90.7 Å². The second-order valence-electron chi connectivity index (χ2n) is 9.00. The van der Waals surface area contributed by atoms with Crippen molar-refractivity contribution in [3.8, 4) is 5.75 Å². The minimum atomic E-state index is -0.891.